The van der Waals surface area contributed by atoms with Gasteiger partial charge in [0.1, 0.15) is 11.6 Å². The highest BCUT2D eigenvalue weighted by Gasteiger charge is 2.38. The van der Waals surface area contributed by atoms with E-state index in [1.807, 2.05) is 65.0 Å². The molecule has 1 N–H and O–H groups in total. The number of carbonyl (C=O) groups is 1. The molecule has 0 amide bonds. The lowest BCUT2D eigenvalue weighted by molar-refractivity contribution is -0.160. The van der Waals surface area contributed by atoms with Crippen molar-refractivity contribution in [2.45, 2.75) is 104 Å². The molecule has 3 aliphatic heterocycles. The lowest BCUT2D eigenvalue weighted by atomic mass is 9.92. The van der Waals surface area contributed by atoms with Crippen molar-refractivity contribution in [2.24, 2.45) is 0 Å². The number of carboxylic acid groups (broad SMARTS) is 1. The molecule has 1 saturated heterocycles. The maximum absolute atomic E-state index is 12.8. The Hall–Kier alpha value is -3.66. The van der Waals surface area contributed by atoms with E-state index in [9.17, 15) is 9.90 Å². The first-order valence-electron chi connectivity index (χ1n) is 17.0. The van der Waals surface area contributed by atoms with Gasteiger partial charge in [0.15, 0.2) is 11.8 Å². The number of hydrogen-bond donors (Lipinski definition) is 1. The second-order valence-corrected chi connectivity index (χ2v) is 14.9. The second kappa shape index (κ2) is 13.3. The van der Waals surface area contributed by atoms with Crippen molar-refractivity contribution in [1.29, 1.82) is 0 Å². The van der Waals surface area contributed by atoms with E-state index in [0.717, 1.165) is 65.8 Å². The maximum Gasteiger partial charge on any atom is 0.337 e. The Morgan fingerprint density at radius 3 is 2.54 bits per heavy atom. The third-order valence-electron chi connectivity index (χ3n) is 9.47. The highest BCUT2D eigenvalue weighted by Crippen LogP contribution is 2.41. The Morgan fingerprint density at radius 1 is 1.10 bits per heavy atom. The Kier molecular flexibility index (Phi) is 9.50. The number of ether oxygens (including phenoxy) is 3. The van der Waals surface area contributed by atoms with Crippen molar-refractivity contribution < 1.29 is 24.1 Å². The van der Waals surface area contributed by atoms with Crippen molar-refractivity contribution in [1.82, 2.24) is 14.6 Å². The number of aliphatic carboxylic acids is 1. The number of carboxylic acids is 1. The van der Waals surface area contributed by atoms with E-state index in [4.69, 9.17) is 35.9 Å². The van der Waals surface area contributed by atoms with E-state index in [1.54, 1.807) is 4.52 Å². The molecule has 1 fully saturated rings. The summed E-state index contributed by atoms with van der Waals surface area (Å²) in [5.41, 5.74) is 5.27. The molecule has 6 bridgehead atoms. The fourth-order valence-corrected chi connectivity index (χ4v) is 7.03. The second-order valence-electron chi connectivity index (χ2n) is 14.5. The number of benzene rings is 2. The number of piperidine rings is 1. The Balaban J connectivity index is 1.55. The minimum absolute atomic E-state index is 0.0224. The van der Waals surface area contributed by atoms with Gasteiger partial charge in [0.25, 0.3) is 0 Å². The minimum Gasteiger partial charge on any atom is -0.490 e. The van der Waals surface area contributed by atoms with E-state index in [2.05, 4.69) is 30.9 Å². The van der Waals surface area contributed by atoms with Gasteiger partial charge in [-0.25, -0.2) is 9.78 Å². The number of hydrogen-bond acceptors (Lipinski definition) is 7. The fourth-order valence-electron chi connectivity index (χ4n) is 6.87. The van der Waals surface area contributed by atoms with Crippen LogP contribution in [0.4, 0.5) is 5.82 Å². The van der Waals surface area contributed by atoms with E-state index >= 15 is 0 Å². The van der Waals surface area contributed by atoms with Gasteiger partial charge < -0.3 is 24.2 Å². The van der Waals surface area contributed by atoms with Gasteiger partial charge in [0.05, 0.1) is 28.6 Å². The van der Waals surface area contributed by atoms with Crippen LogP contribution >= 0.6 is 11.6 Å². The molecule has 4 aromatic rings. The van der Waals surface area contributed by atoms with Gasteiger partial charge in [-0.15, -0.1) is 0 Å². The highest BCUT2D eigenvalue weighted by atomic mass is 35.5. The zero-order valence-corrected chi connectivity index (χ0v) is 29.9. The van der Waals surface area contributed by atoms with Crippen LogP contribution in [0.2, 0.25) is 5.02 Å². The number of fused-ring (bicyclic) bond motifs is 8. The van der Waals surface area contributed by atoms with Gasteiger partial charge in [0, 0.05) is 47.6 Å². The standard InChI is InChI=1S/C38H47ClN4O5/c1-23-11-8-9-20-46-38(7)16-18-42(19-17-38)35-33(34(36(44)45)48-37(4,5)6)25(3)40-31-22-29(41-43(31)35)26-12-10-13-27(21-26)32-24(2)28(39)14-15-30(32)47-23/h10,12-15,21-23,34H,8-9,11,16-20H2,1-7H3,(H,44,45). The molecule has 2 aromatic carbocycles. The van der Waals surface area contributed by atoms with Crippen LogP contribution in [-0.4, -0.2) is 62.7 Å². The number of rotatable bonds is 3. The summed E-state index contributed by atoms with van der Waals surface area (Å²) in [5.74, 6) is 0.428. The lowest BCUT2D eigenvalue weighted by Gasteiger charge is -2.41. The zero-order valence-electron chi connectivity index (χ0n) is 29.1. The molecule has 0 radical (unpaired) electrons. The fraction of sp³-hybridized carbons (Fsp3) is 0.500. The lowest BCUT2D eigenvalue weighted by Crippen LogP contribution is -2.46. The zero-order chi connectivity index (χ0) is 34.4. The van der Waals surface area contributed by atoms with Crippen molar-refractivity contribution in [3.8, 4) is 28.1 Å². The Morgan fingerprint density at radius 2 is 1.83 bits per heavy atom. The van der Waals surface area contributed by atoms with Crippen molar-refractivity contribution in [3.63, 3.8) is 0 Å². The summed E-state index contributed by atoms with van der Waals surface area (Å²) < 4.78 is 21.1. The summed E-state index contributed by atoms with van der Waals surface area (Å²) in [6.07, 6.45) is 3.22. The normalized spacial score (nSPS) is 21.2. The first-order valence-corrected chi connectivity index (χ1v) is 17.4. The van der Waals surface area contributed by atoms with E-state index < -0.39 is 17.7 Å². The third-order valence-corrected chi connectivity index (χ3v) is 9.88. The molecule has 2 atom stereocenters. The molecule has 2 unspecified atom stereocenters. The molecule has 9 nitrogen and oxygen atoms in total. The Labute approximate surface area is 288 Å². The monoisotopic (exact) mass is 674 g/mol. The van der Waals surface area contributed by atoms with E-state index in [1.165, 1.54) is 0 Å². The molecule has 0 aliphatic carbocycles. The summed E-state index contributed by atoms with van der Waals surface area (Å²) in [4.78, 5) is 20.0. The number of anilines is 1. The Bertz CT molecular complexity index is 1820. The molecular formula is C38H47ClN4O5. The van der Waals surface area contributed by atoms with Gasteiger partial charge in [-0.05, 0) is 110 Å². The van der Waals surface area contributed by atoms with Gasteiger partial charge in [-0.3, -0.25) is 0 Å². The summed E-state index contributed by atoms with van der Waals surface area (Å²) in [6.45, 7) is 15.8. The van der Waals surface area contributed by atoms with Crippen molar-refractivity contribution in [3.05, 3.63) is 64.3 Å². The average molecular weight is 675 g/mol. The van der Waals surface area contributed by atoms with Crippen LogP contribution in [-0.2, 0) is 14.3 Å². The molecule has 3 aliphatic rings. The SMILES string of the molecule is Cc1nc2cc3nn2c(c1C(OC(C)(C)C)C(=O)O)N1CCC(C)(CC1)OCCCCC(C)Oc1ccc(Cl)c(C)c1-c1cccc-3c1. The third kappa shape index (κ3) is 7.05. The number of aromatic nitrogens is 3. The van der Waals surface area contributed by atoms with Gasteiger partial charge in [0.2, 0.25) is 0 Å². The smallest absolute Gasteiger partial charge is 0.337 e. The summed E-state index contributed by atoms with van der Waals surface area (Å²) >= 11 is 6.66. The van der Waals surface area contributed by atoms with Crippen LogP contribution in [0.1, 0.15) is 89.6 Å². The van der Waals surface area contributed by atoms with Gasteiger partial charge >= 0.3 is 5.97 Å². The predicted molar refractivity (Wildman–Crippen MR) is 189 cm³/mol. The highest BCUT2D eigenvalue weighted by molar-refractivity contribution is 6.31. The quantitative estimate of drug-likeness (QED) is 0.231. The maximum atomic E-state index is 12.8. The average Bonchev–Trinajstić information content (AvgIpc) is 3.44. The van der Waals surface area contributed by atoms with Crippen LogP contribution in [0.25, 0.3) is 28.0 Å². The molecule has 2 aromatic heterocycles. The summed E-state index contributed by atoms with van der Waals surface area (Å²) in [6, 6.07) is 14.0. The van der Waals surface area contributed by atoms with Crippen LogP contribution in [0.5, 0.6) is 5.75 Å². The first-order chi connectivity index (χ1) is 22.7. The topological polar surface area (TPSA) is 98.4 Å². The molecule has 0 spiro atoms. The van der Waals surface area contributed by atoms with Crippen molar-refractivity contribution in [2.75, 3.05) is 24.6 Å². The van der Waals surface area contributed by atoms with E-state index in [-0.39, 0.29) is 11.7 Å². The molecular weight excluding hydrogens is 628 g/mol. The van der Waals surface area contributed by atoms with E-state index in [0.29, 0.717) is 47.4 Å². The number of halogens is 1. The molecule has 7 rings (SSSR count). The molecule has 5 heterocycles. The first kappa shape index (κ1) is 34.2. The molecule has 0 saturated carbocycles. The van der Waals surface area contributed by atoms with Crippen LogP contribution in [0, 0.1) is 13.8 Å². The van der Waals surface area contributed by atoms with Crippen LogP contribution in [0.15, 0.2) is 42.5 Å². The van der Waals surface area contributed by atoms with Crippen molar-refractivity contribution >= 4 is 29.0 Å². The predicted octanol–water partition coefficient (Wildman–Crippen LogP) is 8.60. The van der Waals surface area contributed by atoms with Gasteiger partial charge in [-0.1, -0.05) is 29.8 Å². The van der Waals surface area contributed by atoms with Gasteiger partial charge in [-0.2, -0.15) is 9.61 Å². The van der Waals surface area contributed by atoms with Crippen LogP contribution in [0.3, 0.4) is 0 Å². The van der Waals surface area contributed by atoms with Crippen LogP contribution < -0.4 is 9.64 Å². The number of nitrogens with zero attached hydrogens (tertiary/aromatic N) is 4. The summed E-state index contributed by atoms with van der Waals surface area (Å²) in [5, 5.41) is 16.3. The largest absolute Gasteiger partial charge is 0.490 e. The molecule has 10 heteroatoms. The summed E-state index contributed by atoms with van der Waals surface area (Å²) in [7, 11) is 0. The molecule has 48 heavy (non-hydrogen) atoms. The minimum atomic E-state index is -1.23. The number of aryl methyl sites for hydroxylation is 1. The molecule has 256 valence electrons.